The molecule has 0 radical (unpaired) electrons. The summed E-state index contributed by atoms with van der Waals surface area (Å²) in [6, 6.07) is 71.3. The molecule has 2 heterocycles. The molecule has 0 saturated heterocycles. The first-order valence-corrected chi connectivity index (χ1v) is 26.9. The van der Waals surface area contributed by atoms with Crippen LogP contribution in [-0.4, -0.2) is 19.6 Å². The number of phenols is 1. The predicted octanol–water partition coefficient (Wildman–Crippen LogP) is 18.6. The number of aromatic hydroxyl groups is 1. The van der Waals surface area contributed by atoms with Crippen LogP contribution in [0.5, 0.6) is 5.75 Å². The van der Waals surface area contributed by atoms with Crippen molar-refractivity contribution in [1.82, 2.24) is 14.5 Å². The van der Waals surface area contributed by atoms with Crippen LogP contribution in [-0.2, 0) is 43.7 Å². The number of imidazole rings is 1. The van der Waals surface area contributed by atoms with Crippen molar-refractivity contribution in [3.63, 3.8) is 0 Å². The maximum atomic E-state index is 12.8. The molecule has 11 rings (SSSR count). The van der Waals surface area contributed by atoms with E-state index in [4.69, 9.17) is 9.97 Å². The first kappa shape index (κ1) is 52.3. The number of phenolic OH excluding ortho intramolecular Hbond substituents is 1. The SMILES string of the molecule is CC(C)(C)c1cc(-c2cc(-c3cccc(C(C)(C)c4ccccc4)c3)ccn2)[c-]c(-c2cccc3c2nc(-c2cc(C(C)(C)C)cc(-c4ccccc4)c2O)n3-c2ccc(CC3CCCC3)cc2-c2ccccc2)c1.[Pt]. The topological polar surface area (TPSA) is 50.9 Å². The van der Waals surface area contributed by atoms with E-state index in [0.29, 0.717) is 17.3 Å². The standard InChI is InChI=1S/C71H68N3O.Pt/c1-69(2,3)57-42-53(40-54(43-57)63-44-52(36-37-72-63)51-28-20-31-56(41-51)71(7,8)55-29-16-11-17-30-55)59-32-21-33-65-66(59)73-68(62-46-58(70(4,5)6)45-61(67(62)75)50-26-14-10-15-27-50)74(65)64-35-34-48(38-47-22-18-19-23-47)39-60(64)49-24-12-9-13-25-49;/h9-17,20-21,24-37,39,41-47,75H,18-19,22-23,38H2,1-8H3;/q-1;. The van der Waals surface area contributed by atoms with Gasteiger partial charge in [0.05, 0.1) is 22.3 Å². The van der Waals surface area contributed by atoms with Gasteiger partial charge in [0.2, 0.25) is 0 Å². The van der Waals surface area contributed by atoms with Gasteiger partial charge in [-0.3, -0.25) is 9.55 Å². The average molecular weight is 1170 g/mol. The summed E-state index contributed by atoms with van der Waals surface area (Å²) in [4.78, 5) is 10.8. The Bertz CT molecular complexity index is 3690. The van der Waals surface area contributed by atoms with E-state index in [1.165, 1.54) is 47.9 Å². The minimum atomic E-state index is -0.225. The summed E-state index contributed by atoms with van der Waals surface area (Å²) in [5.41, 5.74) is 19.0. The Morgan fingerprint density at radius 2 is 1.09 bits per heavy atom. The van der Waals surface area contributed by atoms with Crippen LogP contribution >= 0.6 is 0 Å². The zero-order valence-electron chi connectivity index (χ0n) is 45.2. The van der Waals surface area contributed by atoms with Gasteiger partial charge < -0.3 is 5.11 Å². The summed E-state index contributed by atoms with van der Waals surface area (Å²) < 4.78 is 2.31. The molecule has 384 valence electrons. The van der Waals surface area contributed by atoms with Gasteiger partial charge in [0, 0.05) is 49.5 Å². The molecule has 1 aliphatic carbocycles. The Hall–Kier alpha value is -7.13. The van der Waals surface area contributed by atoms with E-state index < -0.39 is 0 Å². The molecule has 0 amide bonds. The van der Waals surface area contributed by atoms with Crippen molar-refractivity contribution in [2.45, 2.75) is 104 Å². The van der Waals surface area contributed by atoms with Crippen LogP contribution in [0.1, 0.15) is 109 Å². The second-order valence-electron chi connectivity index (χ2n) is 23.5. The van der Waals surface area contributed by atoms with Gasteiger partial charge in [0.1, 0.15) is 11.6 Å². The third kappa shape index (κ3) is 10.4. The minimum Gasteiger partial charge on any atom is -0.507 e. The van der Waals surface area contributed by atoms with Gasteiger partial charge in [-0.05, 0) is 104 Å². The molecule has 8 aromatic carbocycles. The van der Waals surface area contributed by atoms with Crippen molar-refractivity contribution < 1.29 is 26.2 Å². The number of para-hydroxylation sites is 1. The zero-order chi connectivity index (χ0) is 52.1. The second-order valence-corrected chi connectivity index (χ2v) is 23.5. The average Bonchev–Trinajstić information content (AvgIpc) is 4.09. The normalized spacial score (nSPS) is 13.3. The molecule has 0 spiro atoms. The molecule has 0 bridgehead atoms. The third-order valence-corrected chi connectivity index (χ3v) is 15.8. The molecule has 5 heteroatoms. The van der Waals surface area contributed by atoms with Crippen molar-refractivity contribution in [3.8, 4) is 78.6 Å². The minimum absolute atomic E-state index is 0. The van der Waals surface area contributed by atoms with E-state index in [1.807, 2.05) is 24.4 Å². The van der Waals surface area contributed by atoms with Crippen LogP contribution in [0, 0.1) is 12.0 Å². The van der Waals surface area contributed by atoms with Crippen molar-refractivity contribution >= 4 is 11.0 Å². The summed E-state index contributed by atoms with van der Waals surface area (Å²) in [6.45, 7) is 18.1. The summed E-state index contributed by atoms with van der Waals surface area (Å²) >= 11 is 0. The molecule has 0 unspecified atom stereocenters. The Morgan fingerprint density at radius 3 is 1.78 bits per heavy atom. The maximum absolute atomic E-state index is 12.8. The third-order valence-electron chi connectivity index (χ3n) is 15.8. The second kappa shape index (κ2) is 21.1. The number of hydrogen-bond acceptors (Lipinski definition) is 3. The Kier molecular flexibility index (Phi) is 14.5. The number of benzene rings is 8. The molecule has 10 aromatic rings. The van der Waals surface area contributed by atoms with Gasteiger partial charge in [-0.1, -0.05) is 232 Å². The summed E-state index contributed by atoms with van der Waals surface area (Å²) in [6.07, 6.45) is 8.19. The first-order valence-electron chi connectivity index (χ1n) is 26.9. The van der Waals surface area contributed by atoms with Crippen molar-refractivity contribution in [3.05, 3.63) is 228 Å². The van der Waals surface area contributed by atoms with Gasteiger partial charge in [0.15, 0.2) is 0 Å². The van der Waals surface area contributed by atoms with Crippen LogP contribution in [0.15, 0.2) is 194 Å². The molecule has 1 saturated carbocycles. The van der Waals surface area contributed by atoms with Crippen LogP contribution in [0.4, 0.5) is 0 Å². The quantitative estimate of drug-likeness (QED) is 0.131. The summed E-state index contributed by atoms with van der Waals surface area (Å²) in [5.74, 6) is 1.58. The Balaban J connectivity index is 0.00000657. The summed E-state index contributed by atoms with van der Waals surface area (Å²) in [7, 11) is 0. The van der Waals surface area contributed by atoms with E-state index in [-0.39, 0.29) is 43.1 Å². The van der Waals surface area contributed by atoms with E-state index in [1.54, 1.807) is 0 Å². The van der Waals surface area contributed by atoms with Crippen LogP contribution in [0.25, 0.3) is 83.9 Å². The van der Waals surface area contributed by atoms with E-state index in [0.717, 1.165) is 84.5 Å². The monoisotopic (exact) mass is 1170 g/mol. The fraction of sp³-hybridized carbons (Fsp3) is 0.239. The van der Waals surface area contributed by atoms with Gasteiger partial charge in [-0.25, -0.2) is 4.98 Å². The zero-order valence-corrected chi connectivity index (χ0v) is 47.5. The number of fused-ring (bicyclic) bond motifs is 1. The Morgan fingerprint density at radius 1 is 0.513 bits per heavy atom. The molecular formula is C71H68N3OPt-. The van der Waals surface area contributed by atoms with Crippen molar-refractivity contribution in [2.24, 2.45) is 5.92 Å². The van der Waals surface area contributed by atoms with Crippen molar-refractivity contribution in [2.75, 3.05) is 0 Å². The number of hydrogen-bond donors (Lipinski definition) is 1. The number of aromatic nitrogens is 3. The number of nitrogens with zero attached hydrogens (tertiary/aromatic N) is 3. The van der Waals surface area contributed by atoms with Gasteiger partial charge in [-0.2, -0.15) is 0 Å². The Labute approximate surface area is 465 Å². The predicted molar refractivity (Wildman–Crippen MR) is 314 cm³/mol. The smallest absolute Gasteiger partial charge is 0.148 e. The molecule has 0 aliphatic heterocycles. The van der Waals surface area contributed by atoms with Crippen LogP contribution in [0.2, 0.25) is 0 Å². The van der Waals surface area contributed by atoms with E-state index in [9.17, 15) is 5.11 Å². The fourth-order valence-electron chi connectivity index (χ4n) is 11.3. The largest absolute Gasteiger partial charge is 0.507 e. The summed E-state index contributed by atoms with van der Waals surface area (Å²) in [5, 5.41) is 12.8. The van der Waals surface area contributed by atoms with Crippen LogP contribution in [0.3, 0.4) is 0 Å². The van der Waals surface area contributed by atoms with Crippen LogP contribution < -0.4 is 0 Å². The molecule has 1 aliphatic rings. The maximum Gasteiger partial charge on any atom is 0.148 e. The molecule has 2 aromatic heterocycles. The van der Waals surface area contributed by atoms with Crippen molar-refractivity contribution in [1.29, 1.82) is 0 Å². The van der Waals surface area contributed by atoms with Gasteiger partial charge >= 0.3 is 0 Å². The number of rotatable bonds is 11. The molecule has 76 heavy (non-hydrogen) atoms. The molecular weight excluding hydrogens is 1110 g/mol. The molecule has 1 N–H and O–H groups in total. The molecule has 4 nitrogen and oxygen atoms in total. The fourth-order valence-corrected chi connectivity index (χ4v) is 11.3. The van der Waals surface area contributed by atoms with Gasteiger partial charge in [0.25, 0.3) is 0 Å². The first-order chi connectivity index (χ1) is 36.1. The molecule has 0 atom stereocenters. The van der Waals surface area contributed by atoms with E-state index >= 15 is 0 Å². The molecule has 1 fully saturated rings. The van der Waals surface area contributed by atoms with Gasteiger partial charge in [-0.15, -0.1) is 29.3 Å². The number of pyridine rings is 1. The van der Waals surface area contributed by atoms with E-state index in [2.05, 4.69) is 236 Å².